The summed E-state index contributed by atoms with van der Waals surface area (Å²) in [5.41, 5.74) is 2.70. The van der Waals surface area contributed by atoms with Crippen LogP contribution in [0.4, 0.5) is 10.2 Å². The van der Waals surface area contributed by atoms with Crippen molar-refractivity contribution in [1.29, 1.82) is 0 Å². The van der Waals surface area contributed by atoms with E-state index < -0.39 is 0 Å². The summed E-state index contributed by atoms with van der Waals surface area (Å²) in [5.74, 6) is 1.93. The molecule has 3 heterocycles. The van der Waals surface area contributed by atoms with E-state index in [1.807, 2.05) is 6.07 Å². The van der Waals surface area contributed by atoms with Gasteiger partial charge < -0.3 is 14.3 Å². The number of halogens is 1. The molecule has 0 N–H and O–H groups in total. The zero-order chi connectivity index (χ0) is 26.1. The molecule has 1 saturated heterocycles. The van der Waals surface area contributed by atoms with E-state index in [0.717, 1.165) is 55.5 Å². The predicted molar refractivity (Wildman–Crippen MR) is 145 cm³/mol. The fourth-order valence-electron chi connectivity index (χ4n) is 4.87. The topological polar surface area (TPSA) is 88.2 Å². The van der Waals surface area contributed by atoms with E-state index in [0.29, 0.717) is 33.7 Å². The number of carbonyl (C=O) groups is 1. The minimum Gasteiger partial charge on any atom is -0.356 e. The van der Waals surface area contributed by atoms with E-state index in [9.17, 15) is 9.18 Å². The van der Waals surface area contributed by atoms with Gasteiger partial charge in [0.05, 0.1) is 5.52 Å². The lowest BCUT2D eigenvalue weighted by Gasteiger charge is -2.32. The Hall–Kier alpha value is -3.45. The van der Waals surface area contributed by atoms with Gasteiger partial charge in [-0.3, -0.25) is 4.79 Å². The van der Waals surface area contributed by atoms with Crippen molar-refractivity contribution in [2.75, 3.05) is 32.1 Å². The van der Waals surface area contributed by atoms with Gasteiger partial charge in [0.1, 0.15) is 18.0 Å². The second-order valence-electron chi connectivity index (χ2n) is 9.61. The highest BCUT2D eigenvalue weighted by molar-refractivity contribution is 7.28. The van der Waals surface area contributed by atoms with Crippen LogP contribution in [0.25, 0.3) is 22.0 Å². The lowest BCUT2D eigenvalue weighted by molar-refractivity contribution is 0.0827. The fourth-order valence-corrected chi connectivity index (χ4v) is 5.30. The Morgan fingerprint density at radius 2 is 1.95 bits per heavy atom. The van der Waals surface area contributed by atoms with Gasteiger partial charge in [-0.2, -0.15) is 4.98 Å². The second-order valence-corrected chi connectivity index (χ2v) is 10.2. The monoisotopic (exact) mass is 520 g/mol. The maximum atomic E-state index is 15.0. The number of piperidine rings is 1. The highest BCUT2D eigenvalue weighted by Gasteiger charge is 2.27. The van der Waals surface area contributed by atoms with Crippen molar-refractivity contribution in [2.24, 2.45) is 0 Å². The number of nitrogens with zero attached hydrogens (tertiary/aromatic N) is 6. The van der Waals surface area contributed by atoms with E-state index >= 15 is 0 Å². The fraction of sp³-hybridized carbons (Fsp3) is 0.370. The molecular formula is C27H30FN6O2P. The summed E-state index contributed by atoms with van der Waals surface area (Å²) < 4.78 is 20.5. The van der Waals surface area contributed by atoms with Crippen LogP contribution in [0.2, 0.25) is 0 Å². The van der Waals surface area contributed by atoms with E-state index in [2.05, 4.69) is 41.2 Å². The van der Waals surface area contributed by atoms with Crippen molar-refractivity contribution >= 4 is 37.2 Å². The summed E-state index contributed by atoms with van der Waals surface area (Å²) in [7, 11) is 6.09. The molecule has 0 aliphatic carbocycles. The number of hydrogen-bond acceptors (Lipinski definition) is 7. The summed E-state index contributed by atoms with van der Waals surface area (Å²) in [4.78, 5) is 29.8. The number of rotatable bonds is 6. The number of carbonyl (C=O) groups excluding carboxylic acids is 1. The SMILES string of the molecule is CCCc1noc(C2CCN(c3ncnc4c(-c5ccc(C(=O)N(C)C)cc5P)cc(F)cc34)CC2)n1. The summed E-state index contributed by atoms with van der Waals surface area (Å²) in [6.07, 6.45) is 5.02. The average Bonchev–Trinajstić information content (AvgIpc) is 3.36. The first kappa shape index (κ1) is 25.2. The molecule has 5 rings (SSSR count). The Kier molecular flexibility index (Phi) is 7.15. The second kappa shape index (κ2) is 10.5. The Balaban J connectivity index is 1.45. The number of anilines is 1. The van der Waals surface area contributed by atoms with Crippen LogP contribution in [0.3, 0.4) is 0 Å². The Morgan fingerprint density at radius 3 is 2.65 bits per heavy atom. The predicted octanol–water partition coefficient (Wildman–Crippen LogP) is 4.36. The number of benzene rings is 2. The van der Waals surface area contributed by atoms with Crippen LogP contribution in [-0.4, -0.2) is 58.1 Å². The molecule has 1 aliphatic rings. The van der Waals surface area contributed by atoms with E-state index in [-0.39, 0.29) is 17.6 Å². The van der Waals surface area contributed by atoms with Gasteiger partial charge in [0.25, 0.3) is 5.91 Å². The summed E-state index contributed by atoms with van der Waals surface area (Å²) in [6, 6.07) is 8.40. The molecule has 1 amide bonds. The summed E-state index contributed by atoms with van der Waals surface area (Å²) >= 11 is 0. The van der Waals surface area contributed by atoms with Crippen LogP contribution in [0.1, 0.15) is 54.2 Å². The molecule has 10 heteroatoms. The van der Waals surface area contributed by atoms with Gasteiger partial charge in [0.15, 0.2) is 5.82 Å². The molecule has 1 fully saturated rings. The molecule has 1 atom stereocenters. The third kappa shape index (κ3) is 5.05. The van der Waals surface area contributed by atoms with Crippen LogP contribution >= 0.6 is 9.24 Å². The van der Waals surface area contributed by atoms with Gasteiger partial charge in [0, 0.05) is 56.0 Å². The van der Waals surface area contributed by atoms with Crippen molar-refractivity contribution in [3.63, 3.8) is 0 Å². The third-order valence-electron chi connectivity index (χ3n) is 6.78. The molecule has 37 heavy (non-hydrogen) atoms. The molecule has 0 radical (unpaired) electrons. The first-order valence-electron chi connectivity index (χ1n) is 12.5. The van der Waals surface area contributed by atoms with Crippen molar-refractivity contribution in [3.8, 4) is 11.1 Å². The maximum absolute atomic E-state index is 15.0. The van der Waals surface area contributed by atoms with Gasteiger partial charge in [-0.05, 0) is 54.4 Å². The molecule has 0 bridgehead atoms. The van der Waals surface area contributed by atoms with Crippen LogP contribution < -0.4 is 10.2 Å². The smallest absolute Gasteiger partial charge is 0.253 e. The van der Waals surface area contributed by atoms with Gasteiger partial charge in [-0.15, -0.1) is 9.24 Å². The lowest BCUT2D eigenvalue weighted by atomic mass is 9.96. The minimum absolute atomic E-state index is 0.0884. The number of aryl methyl sites for hydroxylation is 1. The van der Waals surface area contributed by atoms with Crippen molar-refractivity contribution in [1.82, 2.24) is 25.0 Å². The third-order valence-corrected chi connectivity index (χ3v) is 7.26. The molecule has 8 nitrogen and oxygen atoms in total. The highest BCUT2D eigenvalue weighted by Crippen LogP contribution is 2.35. The first-order chi connectivity index (χ1) is 17.9. The highest BCUT2D eigenvalue weighted by atomic mass is 31.0. The Bertz CT molecular complexity index is 1450. The van der Waals surface area contributed by atoms with Crippen molar-refractivity contribution in [2.45, 2.75) is 38.5 Å². The van der Waals surface area contributed by atoms with Crippen LogP contribution in [0, 0.1) is 5.82 Å². The Labute approximate surface area is 217 Å². The van der Waals surface area contributed by atoms with Crippen LogP contribution in [0.5, 0.6) is 0 Å². The van der Waals surface area contributed by atoms with Crippen molar-refractivity contribution < 1.29 is 13.7 Å². The molecule has 0 saturated carbocycles. The molecule has 2 aromatic heterocycles. The molecule has 0 spiro atoms. The van der Waals surface area contributed by atoms with Gasteiger partial charge in [0.2, 0.25) is 5.89 Å². The normalized spacial score (nSPS) is 14.4. The zero-order valence-corrected chi connectivity index (χ0v) is 22.4. The number of aromatic nitrogens is 4. The molecule has 1 aliphatic heterocycles. The summed E-state index contributed by atoms with van der Waals surface area (Å²) in [6.45, 7) is 3.57. The molecule has 2 aromatic carbocycles. The van der Waals surface area contributed by atoms with E-state index in [4.69, 9.17) is 4.52 Å². The van der Waals surface area contributed by atoms with Gasteiger partial charge >= 0.3 is 0 Å². The molecular weight excluding hydrogens is 490 g/mol. The average molecular weight is 521 g/mol. The van der Waals surface area contributed by atoms with Gasteiger partial charge in [-0.25, -0.2) is 14.4 Å². The largest absolute Gasteiger partial charge is 0.356 e. The summed E-state index contributed by atoms with van der Waals surface area (Å²) in [5, 5.41) is 5.55. The zero-order valence-electron chi connectivity index (χ0n) is 21.2. The van der Waals surface area contributed by atoms with Crippen LogP contribution in [0.15, 0.2) is 41.2 Å². The first-order valence-corrected chi connectivity index (χ1v) is 13.1. The van der Waals surface area contributed by atoms with Crippen molar-refractivity contribution in [3.05, 3.63) is 59.8 Å². The van der Waals surface area contributed by atoms with Crippen LogP contribution in [-0.2, 0) is 6.42 Å². The van der Waals surface area contributed by atoms with Gasteiger partial charge in [-0.1, -0.05) is 18.1 Å². The quantitative estimate of drug-likeness (QED) is 0.349. The molecule has 192 valence electrons. The Morgan fingerprint density at radius 1 is 1.16 bits per heavy atom. The number of fused-ring (bicyclic) bond motifs is 1. The number of hydrogen-bond donors (Lipinski definition) is 0. The lowest BCUT2D eigenvalue weighted by Crippen LogP contribution is -2.33. The minimum atomic E-state index is -0.361. The number of amides is 1. The van der Waals surface area contributed by atoms with E-state index in [1.54, 1.807) is 26.2 Å². The van der Waals surface area contributed by atoms with E-state index in [1.165, 1.54) is 23.4 Å². The maximum Gasteiger partial charge on any atom is 0.253 e. The molecule has 1 unspecified atom stereocenters. The standard InChI is InChI=1S/C27H30FN6O2P/c1-4-5-23-31-26(36-32-23)16-8-10-34(11-9-16)25-21-14-18(28)13-20(24(21)29-15-30-25)19-7-6-17(12-22(19)37)27(35)33(2)3/h6-7,12-16H,4-5,8-11,37H2,1-3H3. The molecule has 4 aromatic rings.